The SMILES string of the molecule is CCCNC(c1ccc(Cl)c(OC)c1)c1ccoc1CC. The van der Waals surface area contributed by atoms with Crippen LogP contribution in [-0.2, 0) is 6.42 Å². The quantitative estimate of drug-likeness (QED) is 0.812. The average Bonchev–Trinajstić information content (AvgIpc) is 2.97. The number of benzene rings is 1. The molecule has 2 aromatic rings. The summed E-state index contributed by atoms with van der Waals surface area (Å²) in [6, 6.07) is 8.02. The predicted molar refractivity (Wildman–Crippen MR) is 86.2 cm³/mol. The molecule has 0 bridgehead atoms. The number of aryl methyl sites for hydroxylation is 1. The third kappa shape index (κ3) is 3.60. The minimum absolute atomic E-state index is 0.0878. The van der Waals surface area contributed by atoms with Gasteiger partial charge < -0.3 is 14.5 Å². The number of ether oxygens (including phenoxy) is 1. The molecule has 0 saturated heterocycles. The number of rotatable bonds is 7. The molecule has 1 unspecified atom stereocenters. The standard InChI is InChI=1S/C17H22ClNO2/c1-4-9-19-17(13-8-10-21-15(13)5-2)12-6-7-14(18)16(11-12)20-3/h6-8,10-11,17,19H,4-5,9H2,1-3H3. The zero-order chi connectivity index (χ0) is 15.2. The first-order valence-electron chi connectivity index (χ1n) is 7.34. The Bertz CT molecular complexity index is 580. The van der Waals surface area contributed by atoms with Gasteiger partial charge in [-0.15, -0.1) is 0 Å². The normalized spacial score (nSPS) is 12.4. The lowest BCUT2D eigenvalue weighted by Crippen LogP contribution is -2.23. The molecule has 3 nitrogen and oxygen atoms in total. The molecule has 2 rings (SSSR count). The molecular formula is C17H22ClNO2. The maximum atomic E-state index is 6.12. The fraction of sp³-hybridized carbons (Fsp3) is 0.412. The van der Waals surface area contributed by atoms with Gasteiger partial charge in [0.1, 0.15) is 11.5 Å². The fourth-order valence-electron chi connectivity index (χ4n) is 2.45. The Labute approximate surface area is 131 Å². The summed E-state index contributed by atoms with van der Waals surface area (Å²) in [5.41, 5.74) is 2.30. The van der Waals surface area contributed by atoms with Crippen LogP contribution in [0.3, 0.4) is 0 Å². The first kappa shape index (κ1) is 15.9. The van der Waals surface area contributed by atoms with Gasteiger partial charge in [-0.1, -0.05) is 31.5 Å². The summed E-state index contributed by atoms with van der Waals surface area (Å²) in [4.78, 5) is 0. The van der Waals surface area contributed by atoms with Crippen molar-refractivity contribution in [3.63, 3.8) is 0 Å². The lowest BCUT2D eigenvalue weighted by Gasteiger charge is -2.20. The van der Waals surface area contributed by atoms with Crippen molar-refractivity contribution in [3.8, 4) is 5.75 Å². The Kier molecular flexibility index (Phi) is 5.71. The number of halogens is 1. The molecule has 1 atom stereocenters. The second-order valence-electron chi connectivity index (χ2n) is 4.93. The van der Waals surface area contributed by atoms with E-state index in [2.05, 4.69) is 19.2 Å². The van der Waals surface area contributed by atoms with Gasteiger partial charge in [0.2, 0.25) is 0 Å². The Hall–Kier alpha value is -1.45. The van der Waals surface area contributed by atoms with Crippen molar-refractivity contribution in [1.29, 1.82) is 0 Å². The molecule has 0 aliphatic rings. The van der Waals surface area contributed by atoms with Crippen LogP contribution in [0.25, 0.3) is 0 Å². The highest BCUT2D eigenvalue weighted by Crippen LogP contribution is 2.32. The molecule has 4 heteroatoms. The van der Waals surface area contributed by atoms with Gasteiger partial charge >= 0.3 is 0 Å². The average molecular weight is 308 g/mol. The van der Waals surface area contributed by atoms with Crippen molar-refractivity contribution in [3.05, 3.63) is 52.4 Å². The van der Waals surface area contributed by atoms with Crippen LogP contribution < -0.4 is 10.1 Å². The molecule has 1 N–H and O–H groups in total. The van der Waals surface area contributed by atoms with Crippen molar-refractivity contribution in [1.82, 2.24) is 5.32 Å². The maximum Gasteiger partial charge on any atom is 0.137 e. The summed E-state index contributed by atoms with van der Waals surface area (Å²) in [5.74, 6) is 1.71. The van der Waals surface area contributed by atoms with E-state index in [1.807, 2.05) is 24.3 Å². The van der Waals surface area contributed by atoms with Crippen LogP contribution in [0.1, 0.15) is 43.2 Å². The predicted octanol–water partition coefficient (Wildman–Crippen LogP) is 4.59. The van der Waals surface area contributed by atoms with E-state index in [4.69, 9.17) is 20.8 Å². The zero-order valence-corrected chi connectivity index (χ0v) is 13.5. The second kappa shape index (κ2) is 7.53. The second-order valence-corrected chi connectivity index (χ2v) is 5.34. The number of hydrogen-bond donors (Lipinski definition) is 1. The molecule has 114 valence electrons. The molecule has 0 spiro atoms. The van der Waals surface area contributed by atoms with Crippen molar-refractivity contribution in [2.75, 3.05) is 13.7 Å². The summed E-state index contributed by atoms with van der Waals surface area (Å²) in [5, 5.41) is 4.20. The molecule has 21 heavy (non-hydrogen) atoms. The molecule has 1 heterocycles. The molecule has 0 amide bonds. The number of hydrogen-bond acceptors (Lipinski definition) is 3. The molecule has 1 aromatic heterocycles. The van der Waals surface area contributed by atoms with Crippen LogP contribution in [0.5, 0.6) is 5.75 Å². The summed E-state index contributed by atoms with van der Waals surface area (Å²) >= 11 is 6.12. The van der Waals surface area contributed by atoms with Crippen molar-refractivity contribution in [2.45, 2.75) is 32.7 Å². The minimum atomic E-state index is 0.0878. The lowest BCUT2D eigenvalue weighted by molar-refractivity contribution is 0.413. The number of furan rings is 1. The summed E-state index contributed by atoms with van der Waals surface area (Å²) in [6.45, 7) is 5.19. The van der Waals surface area contributed by atoms with Crippen molar-refractivity contribution >= 4 is 11.6 Å². The Morgan fingerprint density at radius 3 is 2.76 bits per heavy atom. The molecule has 0 saturated carbocycles. The van der Waals surface area contributed by atoms with Crippen LogP contribution in [0, 0.1) is 0 Å². The van der Waals surface area contributed by atoms with Gasteiger partial charge in [0.25, 0.3) is 0 Å². The van der Waals surface area contributed by atoms with E-state index in [-0.39, 0.29) is 6.04 Å². The summed E-state index contributed by atoms with van der Waals surface area (Å²) in [6.07, 6.45) is 3.69. The third-order valence-corrected chi connectivity index (χ3v) is 3.83. The van der Waals surface area contributed by atoms with Gasteiger partial charge in [0.15, 0.2) is 0 Å². The topological polar surface area (TPSA) is 34.4 Å². The van der Waals surface area contributed by atoms with E-state index in [1.54, 1.807) is 13.4 Å². The highest BCUT2D eigenvalue weighted by atomic mass is 35.5. The van der Waals surface area contributed by atoms with Crippen LogP contribution in [0.4, 0.5) is 0 Å². The van der Waals surface area contributed by atoms with Gasteiger partial charge in [-0.05, 0) is 36.7 Å². The van der Waals surface area contributed by atoms with E-state index in [9.17, 15) is 0 Å². The van der Waals surface area contributed by atoms with Gasteiger partial charge in [-0.25, -0.2) is 0 Å². The van der Waals surface area contributed by atoms with Crippen molar-refractivity contribution < 1.29 is 9.15 Å². The number of methoxy groups -OCH3 is 1. The smallest absolute Gasteiger partial charge is 0.137 e. The molecule has 0 aliphatic heterocycles. The molecule has 0 fully saturated rings. The van der Waals surface area contributed by atoms with Crippen LogP contribution >= 0.6 is 11.6 Å². The molecule has 0 aliphatic carbocycles. The van der Waals surface area contributed by atoms with Crippen LogP contribution in [0.15, 0.2) is 34.9 Å². The summed E-state index contributed by atoms with van der Waals surface area (Å²) < 4.78 is 10.9. The van der Waals surface area contributed by atoms with Gasteiger partial charge in [0.05, 0.1) is 24.4 Å². The van der Waals surface area contributed by atoms with Crippen molar-refractivity contribution in [2.24, 2.45) is 0 Å². The monoisotopic (exact) mass is 307 g/mol. The lowest BCUT2D eigenvalue weighted by atomic mass is 9.97. The van der Waals surface area contributed by atoms with Gasteiger partial charge in [-0.3, -0.25) is 0 Å². The highest BCUT2D eigenvalue weighted by Gasteiger charge is 2.19. The summed E-state index contributed by atoms with van der Waals surface area (Å²) in [7, 11) is 1.63. The Balaban J connectivity index is 2.40. The number of nitrogens with one attached hydrogen (secondary N) is 1. The highest BCUT2D eigenvalue weighted by molar-refractivity contribution is 6.32. The van der Waals surface area contributed by atoms with E-state index in [1.165, 1.54) is 5.56 Å². The largest absolute Gasteiger partial charge is 0.495 e. The zero-order valence-electron chi connectivity index (χ0n) is 12.8. The van der Waals surface area contributed by atoms with E-state index in [0.29, 0.717) is 10.8 Å². The first-order chi connectivity index (χ1) is 10.2. The van der Waals surface area contributed by atoms with E-state index >= 15 is 0 Å². The molecular weight excluding hydrogens is 286 g/mol. The third-order valence-electron chi connectivity index (χ3n) is 3.52. The minimum Gasteiger partial charge on any atom is -0.495 e. The molecule has 0 radical (unpaired) electrons. The Morgan fingerprint density at radius 1 is 1.29 bits per heavy atom. The fourth-order valence-corrected chi connectivity index (χ4v) is 2.64. The first-order valence-corrected chi connectivity index (χ1v) is 7.72. The maximum absolute atomic E-state index is 6.12. The van der Waals surface area contributed by atoms with E-state index in [0.717, 1.165) is 30.7 Å². The van der Waals surface area contributed by atoms with Crippen LogP contribution in [0.2, 0.25) is 5.02 Å². The molecule has 1 aromatic carbocycles. The van der Waals surface area contributed by atoms with Gasteiger partial charge in [0, 0.05) is 12.0 Å². The van der Waals surface area contributed by atoms with Gasteiger partial charge in [-0.2, -0.15) is 0 Å². The van der Waals surface area contributed by atoms with Crippen LogP contribution in [-0.4, -0.2) is 13.7 Å². The van der Waals surface area contributed by atoms with E-state index < -0.39 is 0 Å². The Morgan fingerprint density at radius 2 is 2.10 bits per heavy atom.